The fraction of sp³-hybridized carbons (Fsp3) is 0.385. The highest BCUT2D eigenvalue weighted by Crippen LogP contribution is 2.16. The summed E-state index contributed by atoms with van der Waals surface area (Å²) in [5, 5.41) is 8.22. The maximum Gasteiger partial charge on any atom is 0.319 e. The van der Waals surface area contributed by atoms with Crippen LogP contribution >= 0.6 is 0 Å². The Bertz CT molecular complexity index is 476. The molecule has 1 fully saturated rings. The fourth-order valence-electron chi connectivity index (χ4n) is 1.92. The van der Waals surface area contributed by atoms with E-state index in [1.807, 2.05) is 0 Å². The highest BCUT2D eigenvalue weighted by Gasteiger charge is 2.20. The average Bonchev–Trinajstić information content (AvgIpc) is 2.82. The molecule has 19 heavy (non-hydrogen) atoms. The van der Waals surface area contributed by atoms with Crippen molar-refractivity contribution in [3.05, 3.63) is 24.3 Å². The van der Waals surface area contributed by atoms with Crippen LogP contribution in [0.5, 0.6) is 5.75 Å². The van der Waals surface area contributed by atoms with Crippen molar-refractivity contribution in [1.82, 2.24) is 10.6 Å². The van der Waals surface area contributed by atoms with Crippen molar-refractivity contribution in [2.75, 3.05) is 19.0 Å². The molecule has 102 valence electrons. The molecular weight excluding hydrogens is 246 g/mol. The van der Waals surface area contributed by atoms with E-state index in [1.54, 1.807) is 31.4 Å². The standard InChI is InChI=1S/C13H17N3O3/c1-19-11-4-2-3-9(7-11)16-13(18)14-8-10-5-6-12(17)15-10/h2-4,7,10H,5-6,8H2,1H3,(H,15,17)(H2,14,16,18)/t10-/m1/s1. The third kappa shape index (κ3) is 3.87. The van der Waals surface area contributed by atoms with Crippen LogP contribution in [-0.2, 0) is 4.79 Å². The van der Waals surface area contributed by atoms with Crippen molar-refractivity contribution < 1.29 is 14.3 Å². The van der Waals surface area contributed by atoms with Gasteiger partial charge in [-0.05, 0) is 18.6 Å². The highest BCUT2D eigenvalue weighted by atomic mass is 16.5. The molecule has 3 N–H and O–H groups in total. The molecule has 6 nitrogen and oxygen atoms in total. The first-order valence-corrected chi connectivity index (χ1v) is 6.15. The Hall–Kier alpha value is -2.24. The SMILES string of the molecule is COc1cccc(NC(=O)NC[C@H]2CCC(=O)N2)c1. The summed E-state index contributed by atoms with van der Waals surface area (Å²) in [5.74, 6) is 0.723. The van der Waals surface area contributed by atoms with E-state index in [0.717, 1.165) is 6.42 Å². The minimum atomic E-state index is -0.297. The van der Waals surface area contributed by atoms with Crippen molar-refractivity contribution in [1.29, 1.82) is 0 Å². The smallest absolute Gasteiger partial charge is 0.319 e. The van der Waals surface area contributed by atoms with Gasteiger partial charge < -0.3 is 20.7 Å². The van der Waals surface area contributed by atoms with Crippen molar-refractivity contribution in [3.8, 4) is 5.75 Å². The lowest BCUT2D eigenvalue weighted by Gasteiger charge is -2.12. The van der Waals surface area contributed by atoms with E-state index in [9.17, 15) is 9.59 Å². The van der Waals surface area contributed by atoms with Crippen LogP contribution in [0.25, 0.3) is 0 Å². The second kappa shape index (κ2) is 6.08. The topological polar surface area (TPSA) is 79.5 Å². The number of rotatable bonds is 4. The predicted octanol–water partition coefficient (Wildman–Crippen LogP) is 1.10. The summed E-state index contributed by atoms with van der Waals surface area (Å²) in [5.41, 5.74) is 0.660. The van der Waals surface area contributed by atoms with Crippen molar-refractivity contribution in [2.24, 2.45) is 0 Å². The molecule has 0 unspecified atom stereocenters. The number of carbonyl (C=O) groups excluding carboxylic acids is 2. The largest absolute Gasteiger partial charge is 0.497 e. The Balaban J connectivity index is 1.78. The van der Waals surface area contributed by atoms with E-state index in [4.69, 9.17) is 4.74 Å². The zero-order valence-electron chi connectivity index (χ0n) is 10.7. The molecule has 6 heteroatoms. The predicted molar refractivity (Wildman–Crippen MR) is 71.2 cm³/mol. The average molecular weight is 263 g/mol. The maximum absolute atomic E-state index is 11.7. The van der Waals surface area contributed by atoms with Crippen molar-refractivity contribution in [2.45, 2.75) is 18.9 Å². The lowest BCUT2D eigenvalue weighted by atomic mass is 10.2. The third-order valence-corrected chi connectivity index (χ3v) is 2.92. The quantitative estimate of drug-likeness (QED) is 0.761. The van der Waals surface area contributed by atoms with E-state index >= 15 is 0 Å². The van der Waals surface area contributed by atoms with Gasteiger partial charge in [-0.25, -0.2) is 4.79 Å². The molecule has 1 aromatic carbocycles. The van der Waals surface area contributed by atoms with Gasteiger partial charge in [0, 0.05) is 30.8 Å². The molecule has 0 bridgehead atoms. The molecule has 1 aromatic rings. The van der Waals surface area contributed by atoms with Gasteiger partial charge >= 0.3 is 6.03 Å². The Morgan fingerprint density at radius 3 is 3.05 bits per heavy atom. The molecule has 1 atom stereocenters. The number of ether oxygens (including phenoxy) is 1. The fourth-order valence-corrected chi connectivity index (χ4v) is 1.92. The number of anilines is 1. The van der Waals surface area contributed by atoms with Crippen molar-refractivity contribution >= 4 is 17.6 Å². The molecule has 0 aliphatic carbocycles. The zero-order chi connectivity index (χ0) is 13.7. The van der Waals surface area contributed by atoms with Crippen molar-refractivity contribution in [3.63, 3.8) is 0 Å². The Labute approximate surface area is 111 Å². The number of hydrogen-bond acceptors (Lipinski definition) is 3. The molecule has 1 heterocycles. The van der Waals surface area contributed by atoms with Gasteiger partial charge in [0.1, 0.15) is 5.75 Å². The van der Waals surface area contributed by atoms with Crippen LogP contribution in [0.1, 0.15) is 12.8 Å². The van der Waals surface area contributed by atoms with Gasteiger partial charge in [-0.1, -0.05) is 6.07 Å². The second-order valence-electron chi connectivity index (χ2n) is 4.37. The molecule has 0 saturated carbocycles. The normalized spacial score (nSPS) is 17.7. The summed E-state index contributed by atoms with van der Waals surface area (Å²) in [7, 11) is 1.57. The molecule has 1 aliphatic rings. The summed E-state index contributed by atoms with van der Waals surface area (Å²) in [6.45, 7) is 0.432. The van der Waals surface area contributed by atoms with Crippen LogP contribution in [0.2, 0.25) is 0 Å². The maximum atomic E-state index is 11.7. The monoisotopic (exact) mass is 263 g/mol. The molecule has 3 amide bonds. The van der Waals surface area contributed by atoms with E-state index in [1.165, 1.54) is 0 Å². The summed E-state index contributed by atoms with van der Waals surface area (Å²) in [4.78, 5) is 22.7. The first-order valence-electron chi connectivity index (χ1n) is 6.15. The summed E-state index contributed by atoms with van der Waals surface area (Å²) in [6.07, 6.45) is 1.29. The number of nitrogens with one attached hydrogen (secondary N) is 3. The number of hydrogen-bond donors (Lipinski definition) is 3. The van der Waals surface area contributed by atoms with Crippen LogP contribution in [0.3, 0.4) is 0 Å². The molecule has 0 spiro atoms. The van der Waals surface area contributed by atoms with Gasteiger partial charge in [-0.2, -0.15) is 0 Å². The molecule has 0 radical (unpaired) electrons. The molecule has 1 saturated heterocycles. The number of methoxy groups -OCH3 is 1. The van der Waals surface area contributed by atoms with Gasteiger partial charge in [0.05, 0.1) is 7.11 Å². The first kappa shape index (κ1) is 13.2. The van der Waals surface area contributed by atoms with E-state index in [2.05, 4.69) is 16.0 Å². The lowest BCUT2D eigenvalue weighted by molar-refractivity contribution is -0.119. The molecule has 1 aliphatic heterocycles. The minimum absolute atomic E-state index is 0.0311. The van der Waals surface area contributed by atoms with E-state index in [-0.39, 0.29) is 18.0 Å². The lowest BCUT2D eigenvalue weighted by Crippen LogP contribution is -2.40. The minimum Gasteiger partial charge on any atom is -0.497 e. The van der Waals surface area contributed by atoms with Crippen LogP contribution in [0.15, 0.2) is 24.3 Å². The summed E-state index contributed by atoms with van der Waals surface area (Å²) in [6, 6.07) is 6.84. The molecule has 0 aromatic heterocycles. The van der Waals surface area contributed by atoms with Gasteiger partial charge in [0.15, 0.2) is 0 Å². The van der Waals surface area contributed by atoms with Gasteiger partial charge in [-0.15, -0.1) is 0 Å². The Morgan fingerprint density at radius 2 is 2.37 bits per heavy atom. The summed E-state index contributed by atoms with van der Waals surface area (Å²) < 4.78 is 5.07. The van der Waals surface area contributed by atoms with Crippen LogP contribution < -0.4 is 20.7 Å². The van der Waals surface area contributed by atoms with Crippen LogP contribution in [-0.4, -0.2) is 31.6 Å². The highest BCUT2D eigenvalue weighted by molar-refractivity contribution is 5.89. The van der Waals surface area contributed by atoms with E-state index in [0.29, 0.717) is 24.4 Å². The van der Waals surface area contributed by atoms with Crippen LogP contribution in [0.4, 0.5) is 10.5 Å². The first-order chi connectivity index (χ1) is 9.17. The van der Waals surface area contributed by atoms with Crippen LogP contribution in [0, 0.1) is 0 Å². The molecule has 2 rings (SSSR count). The Kier molecular flexibility index (Phi) is 4.22. The number of carbonyl (C=O) groups is 2. The van der Waals surface area contributed by atoms with E-state index < -0.39 is 0 Å². The molecular formula is C13H17N3O3. The van der Waals surface area contributed by atoms with Gasteiger partial charge in [0.2, 0.25) is 5.91 Å². The summed E-state index contributed by atoms with van der Waals surface area (Å²) >= 11 is 0. The Morgan fingerprint density at radius 1 is 1.53 bits per heavy atom. The number of urea groups is 1. The van der Waals surface area contributed by atoms with Gasteiger partial charge in [-0.3, -0.25) is 4.79 Å². The second-order valence-corrected chi connectivity index (χ2v) is 4.37. The number of benzene rings is 1. The third-order valence-electron chi connectivity index (χ3n) is 2.92. The zero-order valence-corrected chi connectivity index (χ0v) is 10.7. The number of amides is 3. The van der Waals surface area contributed by atoms with Gasteiger partial charge in [0.25, 0.3) is 0 Å².